The van der Waals surface area contributed by atoms with Gasteiger partial charge in [0.25, 0.3) is 0 Å². The monoisotopic (exact) mass is 406 g/mol. The van der Waals surface area contributed by atoms with Crippen molar-refractivity contribution < 1.29 is 19.2 Å². The predicted molar refractivity (Wildman–Crippen MR) is 111 cm³/mol. The normalized spacial score (nSPS) is 22.0. The van der Waals surface area contributed by atoms with Gasteiger partial charge >= 0.3 is 0 Å². The number of benzene rings is 1. The number of amides is 2. The Morgan fingerprint density at radius 3 is 2.46 bits per heavy atom. The lowest BCUT2D eigenvalue weighted by Crippen LogP contribution is -3.12. The van der Waals surface area contributed by atoms with Crippen molar-refractivity contribution in [2.45, 2.75) is 31.7 Å². The SMILES string of the molecule is COc1ccc([C@@H]2SCC(=O)N2[C@@H](CC(C)C)C(=O)N2CC[NH+](C)CC2)cc1. The molecule has 2 heterocycles. The third kappa shape index (κ3) is 4.63. The number of thioether (sulfide) groups is 1. The second kappa shape index (κ2) is 9.18. The van der Waals surface area contributed by atoms with Crippen molar-refractivity contribution in [3.05, 3.63) is 29.8 Å². The van der Waals surface area contributed by atoms with Crippen LogP contribution in [0.5, 0.6) is 5.75 Å². The first-order chi connectivity index (χ1) is 13.4. The van der Waals surface area contributed by atoms with E-state index in [-0.39, 0.29) is 17.2 Å². The lowest BCUT2D eigenvalue weighted by Gasteiger charge is -2.38. The number of ether oxygens (including phenoxy) is 1. The smallest absolute Gasteiger partial charge is 0.245 e. The van der Waals surface area contributed by atoms with Gasteiger partial charge in [-0.3, -0.25) is 9.59 Å². The first-order valence-corrected chi connectivity index (χ1v) is 11.1. The van der Waals surface area contributed by atoms with Crippen LogP contribution in [-0.2, 0) is 9.59 Å². The maximum absolute atomic E-state index is 13.4. The summed E-state index contributed by atoms with van der Waals surface area (Å²) in [4.78, 5) is 31.6. The molecule has 28 heavy (non-hydrogen) atoms. The van der Waals surface area contributed by atoms with Gasteiger partial charge in [-0.25, -0.2) is 0 Å². The number of likely N-dealkylation sites (N-methyl/N-ethyl adjacent to an activating group) is 1. The Kier molecular flexibility index (Phi) is 6.88. The van der Waals surface area contributed by atoms with Crippen LogP contribution in [0, 0.1) is 5.92 Å². The molecule has 1 aromatic rings. The molecule has 0 aromatic heterocycles. The molecule has 154 valence electrons. The fraction of sp³-hybridized carbons (Fsp3) is 0.619. The standard InChI is InChI=1S/C21H31N3O3S/c1-15(2)13-18(20(26)23-11-9-22(3)10-12-23)24-19(25)14-28-21(24)16-5-7-17(27-4)8-6-16/h5-8,15,18,21H,9-14H2,1-4H3/p+1/t18-,21-/m0/s1. The van der Waals surface area contributed by atoms with Gasteiger partial charge in [0.2, 0.25) is 11.8 Å². The molecule has 1 N–H and O–H groups in total. The number of methoxy groups -OCH3 is 1. The summed E-state index contributed by atoms with van der Waals surface area (Å²) in [6, 6.07) is 7.43. The van der Waals surface area contributed by atoms with Crippen LogP contribution in [0.15, 0.2) is 24.3 Å². The van der Waals surface area contributed by atoms with Crippen LogP contribution in [0.25, 0.3) is 0 Å². The Morgan fingerprint density at radius 2 is 1.89 bits per heavy atom. The summed E-state index contributed by atoms with van der Waals surface area (Å²) in [6.07, 6.45) is 0.691. The second-order valence-electron chi connectivity index (χ2n) is 8.17. The largest absolute Gasteiger partial charge is 0.497 e. The molecule has 0 unspecified atom stereocenters. The summed E-state index contributed by atoms with van der Waals surface area (Å²) < 4.78 is 5.26. The summed E-state index contributed by atoms with van der Waals surface area (Å²) in [5.41, 5.74) is 1.04. The Bertz CT molecular complexity index is 687. The maximum atomic E-state index is 13.4. The van der Waals surface area contributed by atoms with E-state index < -0.39 is 6.04 Å². The van der Waals surface area contributed by atoms with Gasteiger partial charge in [-0.2, -0.15) is 0 Å². The zero-order chi connectivity index (χ0) is 20.3. The van der Waals surface area contributed by atoms with Crippen molar-refractivity contribution >= 4 is 23.6 Å². The van der Waals surface area contributed by atoms with E-state index in [4.69, 9.17) is 4.74 Å². The molecule has 2 atom stereocenters. The van der Waals surface area contributed by atoms with Crippen LogP contribution in [0.4, 0.5) is 0 Å². The maximum Gasteiger partial charge on any atom is 0.245 e. The van der Waals surface area contributed by atoms with Gasteiger partial charge in [0, 0.05) is 0 Å². The number of quaternary nitrogens is 1. The first kappa shape index (κ1) is 21.0. The number of rotatable bonds is 6. The highest BCUT2D eigenvalue weighted by Gasteiger charge is 2.42. The van der Waals surface area contributed by atoms with Crippen LogP contribution in [-0.4, -0.2) is 73.7 Å². The third-order valence-corrected chi connectivity index (χ3v) is 6.78. The molecule has 3 rings (SSSR count). The average Bonchev–Trinajstić information content (AvgIpc) is 3.07. The summed E-state index contributed by atoms with van der Waals surface area (Å²) in [5, 5.41) is -0.121. The average molecular weight is 407 g/mol. The van der Waals surface area contributed by atoms with Crippen molar-refractivity contribution in [3.63, 3.8) is 0 Å². The summed E-state index contributed by atoms with van der Waals surface area (Å²) in [5.74, 6) is 1.72. The highest BCUT2D eigenvalue weighted by Crippen LogP contribution is 2.41. The van der Waals surface area contributed by atoms with Crippen molar-refractivity contribution in [2.75, 3.05) is 46.1 Å². The molecule has 2 fully saturated rings. The highest BCUT2D eigenvalue weighted by molar-refractivity contribution is 8.00. The van der Waals surface area contributed by atoms with Crippen LogP contribution >= 0.6 is 11.8 Å². The first-order valence-electron chi connectivity index (χ1n) is 10.1. The number of hydrogen-bond acceptors (Lipinski definition) is 4. The number of hydrogen-bond donors (Lipinski definition) is 1. The van der Waals surface area contributed by atoms with Crippen molar-refractivity contribution in [2.24, 2.45) is 5.92 Å². The number of carbonyl (C=O) groups is 2. The van der Waals surface area contributed by atoms with Gasteiger partial charge in [-0.05, 0) is 30.0 Å². The van der Waals surface area contributed by atoms with Crippen molar-refractivity contribution in [1.29, 1.82) is 0 Å². The molecule has 7 heteroatoms. The Balaban J connectivity index is 1.85. The molecule has 2 saturated heterocycles. The second-order valence-corrected chi connectivity index (χ2v) is 9.23. The van der Waals surface area contributed by atoms with Gasteiger partial charge in [0.1, 0.15) is 17.2 Å². The molecular weight excluding hydrogens is 374 g/mol. The summed E-state index contributed by atoms with van der Waals surface area (Å²) in [7, 11) is 3.80. The van der Waals surface area contributed by atoms with E-state index in [1.807, 2.05) is 34.1 Å². The Hall–Kier alpha value is -1.73. The molecule has 0 saturated carbocycles. The number of carbonyl (C=O) groups excluding carboxylic acids is 2. The van der Waals surface area contributed by atoms with Crippen LogP contribution in [0.2, 0.25) is 0 Å². The predicted octanol–water partition coefficient (Wildman–Crippen LogP) is 1.04. The zero-order valence-electron chi connectivity index (χ0n) is 17.3. The van der Waals surface area contributed by atoms with Crippen LogP contribution in [0.1, 0.15) is 31.2 Å². The van der Waals surface area contributed by atoms with Gasteiger partial charge < -0.3 is 19.4 Å². The molecule has 2 aliphatic rings. The van der Waals surface area contributed by atoms with Crippen LogP contribution < -0.4 is 9.64 Å². The number of nitrogens with zero attached hydrogens (tertiary/aromatic N) is 2. The summed E-state index contributed by atoms with van der Waals surface area (Å²) >= 11 is 1.61. The minimum absolute atomic E-state index is 0.0598. The molecule has 0 radical (unpaired) electrons. The lowest BCUT2D eigenvalue weighted by molar-refractivity contribution is -0.883. The van der Waals surface area contributed by atoms with E-state index in [2.05, 4.69) is 20.9 Å². The number of piperazine rings is 1. The summed E-state index contributed by atoms with van der Waals surface area (Å²) in [6.45, 7) is 7.69. The molecule has 0 bridgehead atoms. The molecule has 0 spiro atoms. The molecule has 6 nitrogen and oxygen atoms in total. The van der Waals surface area contributed by atoms with Gasteiger partial charge in [0.15, 0.2) is 0 Å². The molecular formula is C21H32N3O3S+. The third-order valence-electron chi connectivity index (χ3n) is 5.55. The van der Waals surface area contributed by atoms with E-state index in [0.717, 1.165) is 37.5 Å². The van der Waals surface area contributed by atoms with Crippen molar-refractivity contribution in [1.82, 2.24) is 9.80 Å². The number of nitrogens with one attached hydrogen (secondary N) is 1. The molecule has 0 aliphatic carbocycles. The van der Waals surface area contributed by atoms with Gasteiger partial charge in [0.05, 0.1) is 46.1 Å². The van der Waals surface area contributed by atoms with E-state index >= 15 is 0 Å². The van der Waals surface area contributed by atoms with E-state index in [9.17, 15) is 9.59 Å². The zero-order valence-corrected chi connectivity index (χ0v) is 18.1. The quantitative estimate of drug-likeness (QED) is 0.767. The van der Waals surface area contributed by atoms with E-state index in [0.29, 0.717) is 18.1 Å². The van der Waals surface area contributed by atoms with E-state index in [1.54, 1.807) is 18.9 Å². The van der Waals surface area contributed by atoms with Gasteiger partial charge in [-0.15, -0.1) is 11.8 Å². The fourth-order valence-electron chi connectivity index (χ4n) is 3.90. The highest BCUT2D eigenvalue weighted by atomic mass is 32.2. The molecule has 2 aliphatic heterocycles. The minimum atomic E-state index is -0.395. The Labute approximate surface area is 172 Å². The van der Waals surface area contributed by atoms with Crippen LogP contribution in [0.3, 0.4) is 0 Å². The molecule has 1 aromatic carbocycles. The Morgan fingerprint density at radius 1 is 1.25 bits per heavy atom. The minimum Gasteiger partial charge on any atom is -0.497 e. The van der Waals surface area contributed by atoms with Crippen molar-refractivity contribution in [3.8, 4) is 5.75 Å². The van der Waals surface area contributed by atoms with E-state index in [1.165, 1.54) is 4.90 Å². The fourth-order valence-corrected chi connectivity index (χ4v) is 5.12. The van der Waals surface area contributed by atoms with Gasteiger partial charge in [-0.1, -0.05) is 26.0 Å². The topological polar surface area (TPSA) is 54.3 Å². The molecule has 2 amide bonds. The lowest BCUT2D eigenvalue weighted by atomic mass is 9.99.